The van der Waals surface area contributed by atoms with Gasteiger partial charge >= 0.3 is 0 Å². The highest BCUT2D eigenvalue weighted by Crippen LogP contribution is 2.52. The fourth-order valence-electron chi connectivity index (χ4n) is 9.38. The van der Waals surface area contributed by atoms with E-state index in [1.807, 2.05) is 75.4 Å². The molecule has 1 aromatic heterocycles. The van der Waals surface area contributed by atoms with Gasteiger partial charge in [-0.15, -0.1) is 0 Å². The summed E-state index contributed by atoms with van der Waals surface area (Å²) >= 11 is 0. The fraction of sp³-hybridized carbons (Fsp3) is 0.304. The van der Waals surface area contributed by atoms with Crippen LogP contribution in [-0.2, 0) is 51.3 Å². The Morgan fingerprint density at radius 3 is 1.97 bits per heavy atom. The molecule has 0 saturated carbocycles. The normalized spacial score (nSPS) is 17.2. The second kappa shape index (κ2) is 16.6. The van der Waals surface area contributed by atoms with Crippen molar-refractivity contribution in [3.05, 3.63) is 125 Å². The van der Waals surface area contributed by atoms with Gasteiger partial charge in [0.2, 0.25) is 5.69 Å². The lowest BCUT2D eigenvalue weighted by atomic mass is 9.78. The Morgan fingerprint density at radius 2 is 1.37 bits per heavy atom. The molecule has 4 aromatic carbocycles. The Labute approximate surface area is 379 Å². The third-order valence-electron chi connectivity index (χ3n) is 12.2. The molecule has 0 bridgehead atoms. The predicted molar refractivity (Wildman–Crippen MR) is 251 cm³/mol. The van der Waals surface area contributed by atoms with Crippen LogP contribution in [0.4, 0.5) is 11.4 Å². The molecule has 65 heavy (non-hydrogen) atoms. The number of anilines is 1. The number of hydrogen-bond donors (Lipinski definition) is 4. The maximum absolute atomic E-state index is 12.6. The second-order valence-corrected chi connectivity index (χ2v) is 23.3. The molecule has 0 aliphatic carbocycles. The zero-order chi connectivity index (χ0) is 47.8. The average molecular weight is 965 g/mol. The molecular formula is C46H50N3O12S4+. The third-order valence-corrected chi connectivity index (χ3v) is 15.5. The SMILES string of the molecule is CCC[N+]1=C(/C=C/C(=C/C=C2/N(CCCS(=O)(=O)O)c3ccc4c(S(=O)(=O)O)cc(S(=O)(=O)O)cc4c3C2(C)C)c2cccc(C)n2)C(C)(C)c2c1ccc1c(C)cc(S(=O)(=O)O)cc21. The molecule has 344 valence electrons. The van der Waals surface area contributed by atoms with Gasteiger partial charge < -0.3 is 4.90 Å². The van der Waals surface area contributed by atoms with Gasteiger partial charge in [-0.25, -0.2) is 0 Å². The molecule has 2 aliphatic heterocycles. The molecule has 0 amide bonds. The number of aryl methyl sites for hydroxylation is 2. The van der Waals surface area contributed by atoms with Gasteiger partial charge in [-0.1, -0.05) is 39.0 Å². The Morgan fingerprint density at radius 1 is 0.738 bits per heavy atom. The van der Waals surface area contributed by atoms with E-state index in [1.165, 1.54) is 18.2 Å². The van der Waals surface area contributed by atoms with Crippen molar-refractivity contribution in [2.75, 3.05) is 23.7 Å². The molecule has 0 unspecified atom stereocenters. The summed E-state index contributed by atoms with van der Waals surface area (Å²) in [6.45, 7) is 14.1. The Balaban J connectivity index is 1.45. The smallest absolute Gasteiger partial charge is 0.295 e. The van der Waals surface area contributed by atoms with Crippen LogP contribution in [-0.4, -0.2) is 86.0 Å². The summed E-state index contributed by atoms with van der Waals surface area (Å²) in [6.07, 6.45) is 8.31. The predicted octanol–water partition coefficient (Wildman–Crippen LogP) is 8.13. The van der Waals surface area contributed by atoms with Gasteiger partial charge in [-0.3, -0.25) is 23.2 Å². The van der Waals surface area contributed by atoms with Crippen LogP contribution < -0.4 is 4.90 Å². The lowest BCUT2D eigenvalue weighted by Gasteiger charge is -2.27. The van der Waals surface area contributed by atoms with Crippen LogP contribution in [0.1, 0.15) is 75.5 Å². The van der Waals surface area contributed by atoms with Crippen molar-refractivity contribution in [3.8, 4) is 0 Å². The summed E-state index contributed by atoms with van der Waals surface area (Å²) in [4.78, 5) is 4.95. The minimum Gasteiger partial charge on any atom is -0.344 e. The highest BCUT2D eigenvalue weighted by Gasteiger charge is 2.46. The highest BCUT2D eigenvalue weighted by molar-refractivity contribution is 7.87. The van der Waals surface area contributed by atoms with Crippen LogP contribution in [0.2, 0.25) is 0 Å². The summed E-state index contributed by atoms with van der Waals surface area (Å²) in [7, 11) is -18.9. The van der Waals surface area contributed by atoms with Crippen LogP contribution in [0.15, 0.2) is 111 Å². The maximum atomic E-state index is 12.6. The number of benzene rings is 4. The van der Waals surface area contributed by atoms with E-state index in [2.05, 4.69) is 25.3 Å². The lowest BCUT2D eigenvalue weighted by Crippen LogP contribution is -2.28. The first-order valence-electron chi connectivity index (χ1n) is 20.6. The first kappa shape index (κ1) is 47.8. The fourth-order valence-corrected chi connectivity index (χ4v) is 11.8. The van der Waals surface area contributed by atoms with E-state index in [0.29, 0.717) is 51.8 Å². The van der Waals surface area contributed by atoms with Crippen molar-refractivity contribution >= 4 is 84.7 Å². The monoisotopic (exact) mass is 964 g/mol. The number of rotatable bonds is 13. The van der Waals surface area contributed by atoms with Gasteiger partial charge in [0.15, 0.2) is 5.71 Å². The van der Waals surface area contributed by atoms with E-state index in [1.54, 1.807) is 17.9 Å². The van der Waals surface area contributed by atoms with E-state index in [-0.39, 0.29) is 28.6 Å². The van der Waals surface area contributed by atoms with Crippen LogP contribution in [0.5, 0.6) is 0 Å². The van der Waals surface area contributed by atoms with Gasteiger partial charge in [0.05, 0.1) is 26.7 Å². The largest absolute Gasteiger partial charge is 0.344 e. The van der Waals surface area contributed by atoms with Crippen molar-refractivity contribution in [3.63, 3.8) is 0 Å². The molecule has 15 nitrogen and oxygen atoms in total. The molecule has 3 heterocycles. The summed E-state index contributed by atoms with van der Waals surface area (Å²) in [5.41, 5.74) is 5.06. The standard InChI is InChI=1S/C46H49N3O12S4/c1-8-21-48-38-17-15-33-28(2)24-31(63(53,54)55)25-35(33)43(38)45(4,5)41(48)19-13-30(37-12-9-11-29(3)47-37)14-20-42-46(6,7)44-36-26-32(64(56,57)58)27-40(65(59,60)61)34(36)16-18-39(44)49(42)22-10-23-62(50,51)52/h9,11-20,24-27H,8,10,21-23H2,1-7H3,(H3-,50,51,52,53,54,55,56,57,58,59,60,61)/p+1. The quantitative estimate of drug-likeness (QED) is 0.0495. The van der Waals surface area contributed by atoms with Crippen molar-refractivity contribution in [2.24, 2.45) is 0 Å². The van der Waals surface area contributed by atoms with E-state index in [4.69, 9.17) is 4.98 Å². The van der Waals surface area contributed by atoms with Crippen molar-refractivity contribution in [1.82, 2.24) is 4.98 Å². The van der Waals surface area contributed by atoms with Crippen LogP contribution in [0.25, 0.3) is 27.1 Å². The van der Waals surface area contributed by atoms with Crippen LogP contribution in [0.3, 0.4) is 0 Å². The van der Waals surface area contributed by atoms with E-state index >= 15 is 0 Å². The average Bonchev–Trinajstić information content (AvgIpc) is 3.54. The molecule has 2 aliphatic rings. The molecule has 0 saturated heterocycles. The Hall–Kier alpha value is -5.12. The molecule has 19 heteroatoms. The van der Waals surface area contributed by atoms with Gasteiger partial charge in [0.25, 0.3) is 40.5 Å². The van der Waals surface area contributed by atoms with Gasteiger partial charge in [-0.05, 0) is 122 Å². The van der Waals surface area contributed by atoms with E-state index in [0.717, 1.165) is 40.5 Å². The van der Waals surface area contributed by atoms with Crippen LogP contribution in [0, 0.1) is 13.8 Å². The van der Waals surface area contributed by atoms with Crippen molar-refractivity contribution in [2.45, 2.75) is 86.8 Å². The van der Waals surface area contributed by atoms with Gasteiger partial charge in [0.1, 0.15) is 11.4 Å². The Kier molecular flexibility index (Phi) is 12.2. The summed E-state index contributed by atoms with van der Waals surface area (Å²) in [5.74, 6) is -0.575. The first-order valence-corrected chi connectivity index (χ1v) is 26.5. The van der Waals surface area contributed by atoms with Crippen molar-refractivity contribution in [1.29, 1.82) is 0 Å². The zero-order valence-corrected chi connectivity index (χ0v) is 40.0. The Bertz CT molecular complexity index is 3440. The number of allylic oxidation sites excluding steroid dienone is 6. The topological polar surface area (TPSA) is 237 Å². The van der Waals surface area contributed by atoms with E-state index in [9.17, 15) is 51.9 Å². The molecule has 0 radical (unpaired) electrons. The van der Waals surface area contributed by atoms with Gasteiger partial charge in [0, 0.05) is 64.1 Å². The third kappa shape index (κ3) is 9.08. The first-order chi connectivity index (χ1) is 30.1. The lowest BCUT2D eigenvalue weighted by molar-refractivity contribution is -0.437. The zero-order valence-electron chi connectivity index (χ0n) is 36.7. The summed E-state index contributed by atoms with van der Waals surface area (Å²) in [5, 5.41) is 1.63. The van der Waals surface area contributed by atoms with E-state index < -0.39 is 66.8 Å². The number of aromatic nitrogens is 1. The maximum Gasteiger partial charge on any atom is 0.295 e. The molecule has 0 atom stereocenters. The summed E-state index contributed by atoms with van der Waals surface area (Å²) < 4.78 is 141. The molecule has 0 spiro atoms. The van der Waals surface area contributed by atoms with Crippen LogP contribution >= 0.6 is 0 Å². The number of nitrogens with zero attached hydrogens (tertiary/aromatic N) is 3. The molecular weight excluding hydrogens is 915 g/mol. The second-order valence-electron chi connectivity index (χ2n) is 17.4. The number of hydrogen-bond acceptors (Lipinski definition) is 10. The molecule has 7 rings (SSSR count). The highest BCUT2D eigenvalue weighted by atomic mass is 32.2. The summed E-state index contributed by atoms with van der Waals surface area (Å²) in [6, 6.07) is 17.3. The number of fused-ring (bicyclic) bond motifs is 6. The minimum absolute atomic E-state index is 0.0139. The number of pyridine rings is 1. The van der Waals surface area contributed by atoms with Crippen molar-refractivity contribution < 1.29 is 56.5 Å². The molecule has 4 N–H and O–H groups in total. The molecule has 0 fully saturated rings. The minimum atomic E-state index is -5.01. The molecule has 5 aromatic rings. The van der Waals surface area contributed by atoms with Gasteiger partial charge in [-0.2, -0.15) is 38.2 Å².